The van der Waals surface area contributed by atoms with Gasteiger partial charge >= 0.3 is 0 Å². The van der Waals surface area contributed by atoms with E-state index in [1.165, 1.54) is 11.5 Å². The Bertz CT molecular complexity index is 512. The Balaban J connectivity index is 1.72. The summed E-state index contributed by atoms with van der Waals surface area (Å²) in [6, 6.07) is 1.86. The van der Waals surface area contributed by atoms with Gasteiger partial charge in [0.1, 0.15) is 11.6 Å². The molecule has 1 saturated heterocycles. The van der Waals surface area contributed by atoms with E-state index in [1.807, 2.05) is 18.5 Å². The monoisotopic (exact) mass is 261 g/mol. The molecule has 3 heterocycles. The minimum atomic E-state index is 0.417. The molecule has 0 bridgehead atoms. The fourth-order valence-electron chi connectivity index (χ4n) is 2.18. The van der Waals surface area contributed by atoms with Crippen molar-refractivity contribution in [1.29, 1.82) is 0 Å². The Morgan fingerprint density at radius 3 is 2.94 bits per heavy atom. The van der Waals surface area contributed by atoms with Crippen LogP contribution in [-0.2, 0) is 6.42 Å². The Hall–Kier alpha value is -1.56. The van der Waals surface area contributed by atoms with Crippen molar-refractivity contribution >= 4 is 16.7 Å². The molecule has 2 aromatic rings. The number of nitrogens with zero attached hydrogens (tertiary/aromatic N) is 5. The molecule has 1 aliphatic rings. The molecule has 0 saturated carbocycles. The predicted octanol–water partition coefficient (Wildman–Crippen LogP) is 1.88. The Kier molecular flexibility index (Phi) is 3.19. The van der Waals surface area contributed by atoms with Crippen LogP contribution in [0.5, 0.6) is 0 Å². The molecule has 6 heteroatoms. The van der Waals surface area contributed by atoms with Crippen LogP contribution in [0, 0.1) is 0 Å². The van der Waals surface area contributed by atoms with Gasteiger partial charge in [-0.15, -0.1) is 0 Å². The van der Waals surface area contributed by atoms with Gasteiger partial charge in [-0.25, -0.2) is 15.0 Å². The SMILES string of the molecule is CCc1nsc(N2CCC(c3ncccn3)C2)n1. The van der Waals surface area contributed by atoms with Gasteiger partial charge < -0.3 is 4.90 Å². The number of aromatic nitrogens is 4. The third-order valence-corrected chi connectivity index (χ3v) is 4.00. The quantitative estimate of drug-likeness (QED) is 0.844. The molecule has 0 N–H and O–H groups in total. The molecule has 0 spiro atoms. The molecule has 1 fully saturated rings. The lowest BCUT2D eigenvalue weighted by molar-refractivity contribution is 0.709. The minimum Gasteiger partial charge on any atom is -0.346 e. The van der Waals surface area contributed by atoms with Gasteiger partial charge in [0.2, 0.25) is 5.13 Å². The molecule has 0 amide bonds. The maximum atomic E-state index is 4.53. The number of hydrogen-bond donors (Lipinski definition) is 0. The molecule has 1 aliphatic heterocycles. The van der Waals surface area contributed by atoms with Crippen LogP contribution in [0.3, 0.4) is 0 Å². The molecular formula is C12H15N5S. The van der Waals surface area contributed by atoms with E-state index in [0.717, 1.165) is 42.7 Å². The van der Waals surface area contributed by atoms with Crippen LogP contribution in [0.2, 0.25) is 0 Å². The van der Waals surface area contributed by atoms with Crippen molar-refractivity contribution in [2.75, 3.05) is 18.0 Å². The largest absolute Gasteiger partial charge is 0.346 e. The van der Waals surface area contributed by atoms with Crippen LogP contribution in [0.1, 0.15) is 30.9 Å². The molecule has 1 unspecified atom stereocenters. The highest BCUT2D eigenvalue weighted by Gasteiger charge is 2.27. The molecule has 94 valence electrons. The van der Waals surface area contributed by atoms with Crippen LogP contribution in [0.15, 0.2) is 18.5 Å². The van der Waals surface area contributed by atoms with Crippen LogP contribution >= 0.6 is 11.5 Å². The molecule has 0 aromatic carbocycles. The van der Waals surface area contributed by atoms with E-state index >= 15 is 0 Å². The van der Waals surface area contributed by atoms with E-state index in [2.05, 4.69) is 31.1 Å². The van der Waals surface area contributed by atoms with Crippen molar-refractivity contribution in [2.24, 2.45) is 0 Å². The summed E-state index contributed by atoms with van der Waals surface area (Å²) < 4.78 is 4.33. The zero-order valence-corrected chi connectivity index (χ0v) is 11.1. The highest BCUT2D eigenvalue weighted by Crippen LogP contribution is 2.29. The van der Waals surface area contributed by atoms with Crippen molar-refractivity contribution in [3.8, 4) is 0 Å². The molecule has 18 heavy (non-hydrogen) atoms. The number of anilines is 1. The number of hydrogen-bond acceptors (Lipinski definition) is 6. The van der Waals surface area contributed by atoms with E-state index in [1.54, 1.807) is 0 Å². The summed E-state index contributed by atoms with van der Waals surface area (Å²) in [7, 11) is 0. The topological polar surface area (TPSA) is 54.8 Å². The Morgan fingerprint density at radius 2 is 2.22 bits per heavy atom. The summed E-state index contributed by atoms with van der Waals surface area (Å²) >= 11 is 1.49. The van der Waals surface area contributed by atoms with Crippen molar-refractivity contribution in [3.63, 3.8) is 0 Å². The standard InChI is InChI=1S/C12H15N5S/c1-2-10-15-12(18-16-10)17-7-4-9(8-17)11-13-5-3-6-14-11/h3,5-6,9H,2,4,7-8H2,1H3. The molecule has 0 radical (unpaired) electrons. The second kappa shape index (κ2) is 4.97. The number of rotatable bonds is 3. The first-order valence-electron chi connectivity index (χ1n) is 6.21. The normalized spacial score (nSPS) is 19.4. The summed E-state index contributed by atoms with van der Waals surface area (Å²) in [6.45, 7) is 4.04. The predicted molar refractivity (Wildman–Crippen MR) is 70.9 cm³/mol. The van der Waals surface area contributed by atoms with Crippen molar-refractivity contribution in [3.05, 3.63) is 30.1 Å². The maximum Gasteiger partial charge on any atom is 0.205 e. The van der Waals surface area contributed by atoms with E-state index < -0.39 is 0 Å². The summed E-state index contributed by atoms with van der Waals surface area (Å²) in [4.78, 5) is 15.5. The molecule has 5 nitrogen and oxygen atoms in total. The van der Waals surface area contributed by atoms with Gasteiger partial charge in [-0.1, -0.05) is 6.92 Å². The first-order chi connectivity index (χ1) is 8.86. The molecule has 2 aromatic heterocycles. The summed E-state index contributed by atoms with van der Waals surface area (Å²) in [6.07, 6.45) is 5.61. The molecular weight excluding hydrogens is 246 g/mol. The summed E-state index contributed by atoms with van der Waals surface area (Å²) in [5.74, 6) is 2.30. The Morgan fingerprint density at radius 1 is 1.39 bits per heavy atom. The van der Waals surface area contributed by atoms with Gasteiger partial charge in [0, 0.05) is 49.4 Å². The maximum absolute atomic E-state index is 4.53. The lowest BCUT2D eigenvalue weighted by Crippen LogP contribution is -2.19. The molecule has 0 aliphatic carbocycles. The van der Waals surface area contributed by atoms with Crippen LogP contribution in [0.25, 0.3) is 0 Å². The average molecular weight is 261 g/mol. The van der Waals surface area contributed by atoms with E-state index in [-0.39, 0.29) is 0 Å². The highest BCUT2D eigenvalue weighted by molar-refractivity contribution is 7.09. The van der Waals surface area contributed by atoms with Crippen molar-refractivity contribution < 1.29 is 0 Å². The van der Waals surface area contributed by atoms with Gasteiger partial charge in [0.15, 0.2) is 0 Å². The molecule has 3 rings (SSSR count). The zero-order valence-electron chi connectivity index (χ0n) is 10.3. The number of aryl methyl sites for hydroxylation is 1. The van der Waals surface area contributed by atoms with Crippen molar-refractivity contribution in [1.82, 2.24) is 19.3 Å². The third kappa shape index (κ3) is 2.20. The average Bonchev–Trinajstić information content (AvgIpc) is 3.08. The summed E-state index contributed by atoms with van der Waals surface area (Å²) in [5.41, 5.74) is 0. The van der Waals surface area contributed by atoms with E-state index in [4.69, 9.17) is 0 Å². The van der Waals surface area contributed by atoms with Crippen LogP contribution in [-0.4, -0.2) is 32.4 Å². The van der Waals surface area contributed by atoms with Crippen molar-refractivity contribution in [2.45, 2.75) is 25.7 Å². The van der Waals surface area contributed by atoms with Gasteiger partial charge in [-0.05, 0) is 12.5 Å². The van der Waals surface area contributed by atoms with Crippen LogP contribution in [0.4, 0.5) is 5.13 Å². The fourth-order valence-corrected chi connectivity index (χ4v) is 2.97. The second-order valence-corrected chi connectivity index (χ2v) is 5.12. The lowest BCUT2D eigenvalue weighted by atomic mass is 10.1. The van der Waals surface area contributed by atoms with Gasteiger partial charge in [-0.2, -0.15) is 4.37 Å². The first kappa shape index (κ1) is 11.5. The van der Waals surface area contributed by atoms with Crippen LogP contribution < -0.4 is 4.90 Å². The summed E-state index contributed by atoms with van der Waals surface area (Å²) in [5, 5.41) is 1.03. The smallest absolute Gasteiger partial charge is 0.205 e. The van der Waals surface area contributed by atoms with Gasteiger partial charge in [-0.3, -0.25) is 0 Å². The Labute approximate surface area is 110 Å². The molecule has 1 atom stereocenters. The highest BCUT2D eigenvalue weighted by atomic mass is 32.1. The minimum absolute atomic E-state index is 0.417. The fraction of sp³-hybridized carbons (Fsp3) is 0.500. The van der Waals surface area contributed by atoms with E-state index in [9.17, 15) is 0 Å². The lowest BCUT2D eigenvalue weighted by Gasteiger charge is -2.13. The van der Waals surface area contributed by atoms with Gasteiger partial charge in [0.05, 0.1) is 0 Å². The second-order valence-electron chi connectivity index (χ2n) is 4.39. The third-order valence-electron chi connectivity index (χ3n) is 3.18. The zero-order chi connectivity index (χ0) is 12.4. The van der Waals surface area contributed by atoms with Gasteiger partial charge in [0.25, 0.3) is 0 Å². The first-order valence-corrected chi connectivity index (χ1v) is 6.98. The van der Waals surface area contributed by atoms with E-state index in [0.29, 0.717) is 5.92 Å².